The fourth-order valence-corrected chi connectivity index (χ4v) is 5.99. The van der Waals surface area contributed by atoms with Gasteiger partial charge in [0, 0.05) is 12.3 Å². The number of benzene rings is 1. The lowest BCUT2D eigenvalue weighted by molar-refractivity contribution is -0.113. The predicted octanol–water partition coefficient (Wildman–Crippen LogP) is 9.92. The lowest BCUT2D eigenvalue weighted by Crippen LogP contribution is -2.07. The van der Waals surface area contributed by atoms with Crippen molar-refractivity contribution in [1.82, 2.24) is 4.98 Å². The number of hydrogen-bond donors (Lipinski definition) is 0. The van der Waals surface area contributed by atoms with Gasteiger partial charge in [0.05, 0.1) is 17.3 Å². The highest BCUT2D eigenvalue weighted by atomic mass is 35.5. The number of aryl methyl sites for hydroxylation is 1. The van der Waals surface area contributed by atoms with E-state index in [1.165, 1.54) is 38.7 Å². The second-order valence-electron chi connectivity index (χ2n) is 11.4. The topological polar surface area (TPSA) is 39.2 Å². The number of nitrogens with zero attached hydrogens (tertiary/aromatic N) is 1. The van der Waals surface area contributed by atoms with Crippen LogP contribution < -0.4 is 4.74 Å². The average molecular weight is 554 g/mol. The SMILES string of the molecule is C=C(CCC(C)c1ccc(OCCC2CC2C(CCC)CCCC(=C)c2ncc(Cl)cc2C)cc1F)C(C)=O. The number of carbonyl (C=O) groups excluding carboxylic acids is 1. The van der Waals surface area contributed by atoms with E-state index in [0.29, 0.717) is 47.3 Å². The highest BCUT2D eigenvalue weighted by Gasteiger charge is 2.41. The van der Waals surface area contributed by atoms with Gasteiger partial charge >= 0.3 is 0 Å². The number of rotatable bonds is 17. The first-order chi connectivity index (χ1) is 18.6. The van der Waals surface area contributed by atoms with Gasteiger partial charge < -0.3 is 4.74 Å². The van der Waals surface area contributed by atoms with Gasteiger partial charge in [-0.15, -0.1) is 0 Å². The van der Waals surface area contributed by atoms with Gasteiger partial charge in [-0.2, -0.15) is 0 Å². The third-order valence-electron chi connectivity index (χ3n) is 8.31. The molecule has 0 N–H and O–H groups in total. The molecule has 4 unspecified atom stereocenters. The van der Waals surface area contributed by atoms with E-state index in [0.717, 1.165) is 47.9 Å². The first-order valence-corrected chi connectivity index (χ1v) is 14.9. The maximum absolute atomic E-state index is 14.8. The van der Waals surface area contributed by atoms with Crippen LogP contribution in [0.1, 0.15) is 101 Å². The van der Waals surface area contributed by atoms with Crippen molar-refractivity contribution in [3.8, 4) is 5.75 Å². The van der Waals surface area contributed by atoms with Gasteiger partial charge in [-0.1, -0.05) is 57.5 Å². The Balaban J connectivity index is 1.41. The standard InChI is InChI=1S/C34H45ClFNO2/c1-7-9-27(11-8-10-24(4)34-25(5)18-29(35)21-37-34)32-19-28(32)16-17-39-30-14-15-31(33(36)20-30)23(3)13-12-22(2)26(6)38/h14-15,18,20-21,23,27-28,32H,2,4,7-13,16-17,19H2,1,3,5-6H3. The fourth-order valence-electron chi connectivity index (χ4n) is 5.78. The minimum atomic E-state index is -0.244. The molecule has 0 radical (unpaired) electrons. The van der Waals surface area contributed by atoms with Crippen LogP contribution in [-0.4, -0.2) is 17.4 Å². The average Bonchev–Trinajstić information content (AvgIpc) is 3.65. The van der Waals surface area contributed by atoms with Crippen LogP contribution in [0.3, 0.4) is 0 Å². The third-order valence-corrected chi connectivity index (χ3v) is 8.52. The Labute approximate surface area is 239 Å². The molecular weight excluding hydrogens is 509 g/mol. The lowest BCUT2D eigenvalue weighted by Gasteiger charge is -2.17. The molecule has 1 saturated carbocycles. The number of halogens is 2. The predicted molar refractivity (Wildman–Crippen MR) is 161 cm³/mol. The fraction of sp³-hybridized carbons (Fsp3) is 0.529. The van der Waals surface area contributed by atoms with Gasteiger partial charge in [-0.25, -0.2) is 4.39 Å². The quantitative estimate of drug-likeness (QED) is 0.183. The molecule has 1 fully saturated rings. The molecule has 1 heterocycles. The Kier molecular flexibility index (Phi) is 11.8. The molecule has 0 saturated heterocycles. The first-order valence-electron chi connectivity index (χ1n) is 14.5. The minimum Gasteiger partial charge on any atom is -0.493 e. The molecule has 0 spiro atoms. The van der Waals surface area contributed by atoms with E-state index in [1.54, 1.807) is 6.20 Å². The summed E-state index contributed by atoms with van der Waals surface area (Å²) in [5.74, 6) is 2.56. The van der Waals surface area contributed by atoms with Gasteiger partial charge in [-0.05, 0) is 117 Å². The van der Waals surface area contributed by atoms with Crippen molar-refractivity contribution < 1.29 is 13.9 Å². The molecule has 212 valence electrons. The molecule has 0 aliphatic heterocycles. The molecule has 1 aromatic heterocycles. The molecule has 0 amide bonds. The third kappa shape index (κ3) is 9.31. The van der Waals surface area contributed by atoms with Crippen molar-refractivity contribution in [3.05, 3.63) is 76.9 Å². The Morgan fingerprint density at radius 1 is 1.21 bits per heavy atom. The zero-order chi connectivity index (χ0) is 28.5. The molecule has 4 atom stereocenters. The highest BCUT2D eigenvalue weighted by Crippen LogP contribution is 2.49. The van der Waals surface area contributed by atoms with Crippen LogP contribution in [0, 0.1) is 30.5 Å². The van der Waals surface area contributed by atoms with Crippen LogP contribution in [0.25, 0.3) is 5.57 Å². The van der Waals surface area contributed by atoms with Crippen LogP contribution in [-0.2, 0) is 4.79 Å². The normalized spacial score (nSPS) is 17.9. The van der Waals surface area contributed by atoms with E-state index in [9.17, 15) is 9.18 Å². The summed E-state index contributed by atoms with van der Waals surface area (Å²) in [4.78, 5) is 15.9. The summed E-state index contributed by atoms with van der Waals surface area (Å²) in [5, 5.41) is 0.664. The van der Waals surface area contributed by atoms with E-state index in [2.05, 4.69) is 25.1 Å². The van der Waals surface area contributed by atoms with E-state index < -0.39 is 0 Å². The molecule has 2 aromatic rings. The van der Waals surface area contributed by atoms with E-state index >= 15 is 0 Å². The Morgan fingerprint density at radius 3 is 2.64 bits per heavy atom. The number of carbonyl (C=O) groups is 1. The molecule has 0 bridgehead atoms. The zero-order valence-electron chi connectivity index (χ0n) is 24.2. The number of ketones is 1. The summed E-state index contributed by atoms with van der Waals surface area (Å²) in [7, 11) is 0. The smallest absolute Gasteiger partial charge is 0.155 e. The molecule has 5 heteroatoms. The molecule has 39 heavy (non-hydrogen) atoms. The Hall–Kier alpha value is -2.46. The van der Waals surface area contributed by atoms with Crippen molar-refractivity contribution >= 4 is 23.0 Å². The van der Waals surface area contributed by atoms with Crippen molar-refractivity contribution in [2.45, 2.75) is 91.4 Å². The minimum absolute atomic E-state index is 0.00184. The van der Waals surface area contributed by atoms with E-state index in [4.69, 9.17) is 16.3 Å². The molecular formula is C34H45ClFNO2. The van der Waals surface area contributed by atoms with Crippen molar-refractivity contribution in [3.63, 3.8) is 0 Å². The van der Waals surface area contributed by atoms with Crippen LogP contribution in [0.5, 0.6) is 5.75 Å². The van der Waals surface area contributed by atoms with Gasteiger partial charge in [-0.3, -0.25) is 9.78 Å². The van der Waals surface area contributed by atoms with Crippen LogP contribution in [0.2, 0.25) is 5.02 Å². The number of aromatic nitrogens is 1. The van der Waals surface area contributed by atoms with Gasteiger partial charge in [0.25, 0.3) is 0 Å². The monoisotopic (exact) mass is 553 g/mol. The molecule has 1 aliphatic rings. The highest BCUT2D eigenvalue weighted by molar-refractivity contribution is 6.30. The van der Waals surface area contributed by atoms with Crippen LogP contribution in [0.15, 0.2) is 49.2 Å². The molecule has 3 nitrogen and oxygen atoms in total. The number of pyridine rings is 1. The summed E-state index contributed by atoms with van der Waals surface area (Å²) in [6.07, 6.45) is 11.0. The number of hydrogen-bond acceptors (Lipinski definition) is 3. The number of ether oxygens (including phenoxy) is 1. The maximum Gasteiger partial charge on any atom is 0.155 e. The first kappa shape index (κ1) is 31.1. The van der Waals surface area contributed by atoms with Crippen LogP contribution in [0.4, 0.5) is 4.39 Å². The van der Waals surface area contributed by atoms with Gasteiger partial charge in [0.15, 0.2) is 5.78 Å². The maximum atomic E-state index is 14.8. The summed E-state index contributed by atoms with van der Waals surface area (Å²) in [6, 6.07) is 7.13. The molecule has 3 rings (SSSR count). The summed E-state index contributed by atoms with van der Waals surface area (Å²) < 4.78 is 20.7. The zero-order valence-corrected chi connectivity index (χ0v) is 25.0. The van der Waals surface area contributed by atoms with Crippen molar-refractivity contribution in [1.29, 1.82) is 0 Å². The Morgan fingerprint density at radius 2 is 1.97 bits per heavy atom. The lowest BCUT2D eigenvalue weighted by atomic mass is 9.89. The second kappa shape index (κ2) is 14.8. The molecule has 1 aliphatic carbocycles. The van der Waals surface area contributed by atoms with E-state index in [-0.39, 0.29) is 17.5 Å². The van der Waals surface area contributed by atoms with Crippen LogP contribution >= 0.6 is 11.6 Å². The van der Waals surface area contributed by atoms with Gasteiger partial charge in [0.2, 0.25) is 0 Å². The summed E-state index contributed by atoms with van der Waals surface area (Å²) >= 11 is 6.05. The molecule has 1 aromatic carbocycles. The van der Waals surface area contributed by atoms with Crippen molar-refractivity contribution in [2.75, 3.05) is 6.61 Å². The van der Waals surface area contributed by atoms with Crippen molar-refractivity contribution in [2.24, 2.45) is 17.8 Å². The summed E-state index contributed by atoms with van der Waals surface area (Å²) in [6.45, 7) is 16.5. The number of allylic oxidation sites excluding steroid dienone is 2. The Bertz CT molecular complexity index is 1160. The number of Topliss-reactive ketones (excluding diaryl/α,β-unsaturated/α-hetero) is 1. The van der Waals surface area contributed by atoms with Gasteiger partial charge in [0.1, 0.15) is 11.6 Å². The second-order valence-corrected chi connectivity index (χ2v) is 11.9. The largest absolute Gasteiger partial charge is 0.493 e. The van der Waals surface area contributed by atoms with E-state index in [1.807, 2.05) is 32.0 Å². The summed E-state index contributed by atoms with van der Waals surface area (Å²) in [5.41, 5.74) is 4.41.